The molecule has 1 aliphatic carbocycles. The highest BCUT2D eigenvalue weighted by Crippen LogP contribution is 2.25. The molecule has 2 rings (SSSR count). The Morgan fingerprint density at radius 3 is 2.61 bits per heavy atom. The molecule has 0 spiro atoms. The lowest BCUT2D eigenvalue weighted by molar-refractivity contribution is -0.384. The Bertz CT molecular complexity index is 615. The van der Waals surface area contributed by atoms with Crippen LogP contribution in [-0.2, 0) is 4.79 Å². The molecule has 1 fully saturated rings. The van der Waals surface area contributed by atoms with E-state index in [0.29, 0.717) is 0 Å². The monoisotopic (exact) mass is 339 g/mol. The Labute approximate surface area is 138 Å². The Balaban J connectivity index is 1.88. The van der Waals surface area contributed by atoms with Crippen LogP contribution in [0.3, 0.4) is 0 Å². The van der Waals surface area contributed by atoms with Crippen LogP contribution in [0.15, 0.2) is 18.2 Å². The van der Waals surface area contributed by atoms with Gasteiger partial charge in [-0.25, -0.2) is 0 Å². The number of rotatable bonds is 5. The van der Waals surface area contributed by atoms with E-state index in [1.54, 1.807) is 0 Å². The first kappa shape index (κ1) is 17.2. The average molecular weight is 340 g/mol. The predicted octanol–water partition coefficient (Wildman–Crippen LogP) is 2.43. The first-order chi connectivity index (χ1) is 11.0. The van der Waals surface area contributed by atoms with Gasteiger partial charge in [-0.1, -0.05) is 30.9 Å². The van der Waals surface area contributed by atoms with E-state index in [4.69, 9.17) is 11.6 Å². The molecule has 0 aromatic heterocycles. The van der Waals surface area contributed by atoms with Gasteiger partial charge in [-0.2, -0.15) is 0 Å². The zero-order valence-corrected chi connectivity index (χ0v) is 13.3. The number of halogens is 1. The van der Waals surface area contributed by atoms with Gasteiger partial charge >= 0.3 is 0 Å². The molecule has 124 valence electrons. The molecule has 0 saturated heterocycles. The van der Waals surface area contributed by atoms with Gasteiger partial charge in [0.05, 0.1) is 11.5 Å². The van der Waals surface area contributed by atoms with Crippen LogP contribution >= 0.6 is 11.6 Å². The Morgan fingerprint density at radius 1 is 1.26 bits per heavy atom. The number of nitro benzene ring substituents is 1. The smallest absolute Gasteiger partial charge is 0.288 e. The number of nitro groups is 1. The maximum Gasteiger partial charge on any atom is 0.288 e. The maximum atomic E-state index is 12.0. The fourth-order valence-corrected chi connectivity index (χ4v) is 2.77. The topological polar surface area (TPSA) is 101 Å². The van der Waals surface area contributed by atoms with Gasteiger partial charge in [-0.05, 0) is 25.0 Å². The van der Waals surface area contributed by atoms with Crippen molar-refractivity contribution in [2.24, 2.45) is 0 Å². The molecule has 0 unspecified atom stereocenters. The zero-order valence-electron chi connectivity index (χ0n) is 12.5. The number of nitrogens with zero attached hydrogens (tertiary/aromatic N) is 1. The molecular weight excluding hydrogens is 322 g/mol. The summed E-state index contributed by atoms with van der Waals surface area (Å²) >= 11 is 5.69. The number of hydrogen-bond acceptors (Lipinski definition) is 4. The normalized spacial score (nSPS) is 15.0. The van der Waals surface area contributed by atoms with Gasteiger partial charge in [0.15, 0.2) is 0 Å². The summed E-state index contributed by atoms with van der Waals surface area (Å²) in [6, 6.07) is 3.93. The van der Waals surface area contributed by atoms with Crippen molar-refractivity contribution >= 4 is 29.1 Å². The largest absolute Gasteiger partial charge is 0.352 e. The van der Waals surface area contributed by atoms with Gasteiger partial charge in [0.1, 0.15) is 5.02 Å². The molecule has 2 amide bonds. The molecular formula is C15H18ClN3O4. The summed E-state index contributed by atoms with van der Waals surface area (Å²) in [5, 5.41) is 16.1. The van der Waals surface area contributed by atoms with E-state index >= 15 is 0 Å². The lowest BCUT2D eigenvalue weighted by Crippen LogP contribution is -2.42. The van der Waals surface area contributed by atoms with Gasteiger partial charge in [0, 0.05) is 17.7 Å². The van der Waals surface area contributed by atoms with E-state index in [-0.39, 0.29) is 34.8 Å². The standard InChI is InChI=1S/C15H18ClN3O4/c16-12-7-6-10(8-13(12)19(22)23)15(21)17-9-14(20)18-11-4-2-1-3-5-11/h6-8,11H,1-5,9H2,(H,17,21)(H,18,20). The van der Waals surface area contributed by atoms with Crippen LogP contribution in [0, 0.1) is 10.1 Å². The minimum Gasteiger partial charge on any atom is -0.352 e. The summed E-state index contributed by atoms with van der Waals surface area (Å²) in [5.41, 5.74) is -0.252. The van der Waals surface area contributed by atoms with Crippen LogP contribution in [0.2, 0.25) is 5.02 Å². The summed E-state index contributed by atoms with van der Waals surface area (Å²) < 4.78 is 0. The number of hydrogen-bond donors (Lipinski definition) is 2. The van der Waals surface area contributed by atoms with E-state index in [2.05, 4.69) is 10.6 Å². The fourth-order valence-electron chi connectivity index (χ4n) is 2.58. The molecule has 0 radical (unpaired) electrons. The summed E-state index contributed by atoms with van der Waals surface area (Å²) in [6.07, 6.45) is 5.32. The SMILES string of the molecule is O=C(CNC(=O)c1ccc(Cl)c([N+](=O)[O-])c1)NC1CCCCC1. The fraction of sp³-hybridized carbons (Fsp3) is 0.467. The number of carbonyl (C=O) groups is 2. The average Bonchev–Trinajstić information content (AvgIpc) is 2.53. The predicted molar refractivity (Wildman–Crippen MR) is 85.5 cm³/mol. The second-order valence-electron chi connectivity index (χ2n) is 5.51. The van der Waals surface area contributed by atoms with E-state index < -0.39 is 10.8 Å². The number of benzene rings is 1. The van der Waals surface area contributed by atoms with E-state index in [1.165, 1.54) is 18.6 Å². The zero-order chi connectivity index (χ0) is 16.8. The molecule has 1 saturated carbocycles. The molecule has 0 atom stereocenters. The Hall–Kier alpha value is -2.15. The summed E-state index contributed by atoms with van der Waals surface area (Å²) in [5.74, 6) is -0.808. The lowest BCUT2D eigenvalue weighted by Gasteiger charge is -2.22. The number of carbonyl (C=O) groups excluding carboxylic acids is 2. The molecule has 1 aliphatic rings. The van der Waals surface area contributed by atoms with Crippen molar-refractivity contribution in [3.8, 4) is 0 Å². The first-order valence-electron chi connectivity index (χ1n) is 7.49. The Morgan fingerprint density at radius 2 is 1.96 bits per heavy atom. The summed E-state index contributed by atoms with van der Waals surface area (Å²) in [6.45, 7) is -0.161. The van der Waals surface area contributed by atoms with Crippen LogP contribution in [0.1, 0.15) is 42.5 Å². The molecule has 0 bridgehead atoms. The van der Waals surface area contributed by atoms with Crippen molar-refractivity contribution in [1.29, 1.82) is 0 Å². The van der Waals surface area contributed by atoms with Crippen molar-refractivity contribution in [3.05, 3.63) is 38.9 Å². The number of nitrogens with one attached hydrogen (secondary N) is 2. The molecule has 2 N–H and O–H groups in total. The number of amides is 2. The van der Waals surface area contributed by atoms with Crippen molar-refractivity contribution < 1.29 is 14.5 Å². The van der Waals surface area contributed by atoms with Gasteiger partial charge in [0.25, 0.3) is 11.6 Å². The van der Waals surface area contributed by atoms with Gasteiger partial charge in [0.2, 0.25) is 5.91 Å². The Kier molecular flexibility index (Phi) is 5.92. The highest BCUT2D eigenvalue weighted by Gasteiger charge is 2.18. The van der Waals surface area contributed by atoms with Crippen molar-refractivity contribution in [3.63, 3.8) is 0 Å². The molecule has 0 heterocycles. The highest BCUT2D eigenvalue weighted by molar-refractivity contribution is 6.32. The van der Waals surface area contributed by atoms with Crippen molar-refractivity contribution in [2.45, 2.75) is 38.1 Å². The van der Waals surface area contributed by atoms with Gasteiger partial charge in [-0.3, -0.25) is 19.7 Å². The quantitative estimate of drug-likeness (QED) is 0.635. The van der Waals surface area contributed by atoms with E-state index in [0.717, 1.165) is 31.7 Å². The minimum atomic E-state index is -0.658. The van der Waals surface area contributed by atoms with Crippen LogP contribution < -0.4 is 10.6 Å². The third kappa shape index (κ3) is 4.92. The maximum absolute atomic E-state index is 12.0. The summed E-state index contributed by atoms with van der Waals surface area (Å²) in [7, 11) is 0. The van der Waals surface area contributed by atoms with Crippen molar-refractivity contribution in [1.82, 2.24) is 10.6 Å². The van der Waals surface area contributed by atoms with E-state index in [1.807, 2.05) is 0 Å². The second-order valence-corrected chi connectivity index (χ2v) is 5.92. The van der Waals surface area contributed by atoms with Crippen LogP contribution in [-0.4, -0.2) is 29.3 Å². The molecule has 1 aromatic carbocycles. The molecule has 23 heavy (non-hydrogen) atoms. The third-order valence-electron chi connectivity index (χ3n) is 3.78. The van der Waals surface area contributed by atoms with E-state index in [9.17, 15) is 19.7 Å². The highest BCUT2D eigenvalue weighted by atomic mass is 35.5. The van der Waals surface area contributed by atoms with Crippen LogP contribution in [0.5, 0.6) is 0 Å². The van der Waals surface area contributed by atoms with Crippen molar-refractivity contribution in [2.75, 3.05) is 6.54 Å². The molecule has 0 aliphatic heterocycles. The van der Waals surface area contributed by atoms with Gasteiger partial charge < -0.3 is 10.6 Å². The van der Waals surface area contributed by atoms with Crippen LogP contribution in [0.4, 0.5) is 5.69 Å². The first-order valence-corrected chi connectivity index (χ1v) is 7.86. The molecule has 1 aromatic rings. The summed E-state index contributed by atoms with van der Waals surface area (Å²) in [4.78, 5) is 33.9. The van der Waals surface area contributed by atoms with Gasteiger partial charge in [-0.15, -0.1) is 0 Å². The van der Waals surface area contributed by atoms with Crippen LogP contribution in [0.25, 0.3) is 0 Å². The lowest BCUT2D eigenvalue weighted by atomic mass is 9.95. The molecule has 8 heteroatoms. The molecule has 7 nitrogen and oxygen atoms in total. The third-order valence-corrected chi connectivity index (χ3v) is 4.10. The second kappa shape index (κ2) is 7.92. The minimum absolute atomic E-state index is 0.0402.